The van der Waals surface area contributed by atoms with Crippen LogP contribution >= 0.6 is 0 Å². The number of carbonyl (C=O) groups is 3. The van der Waals surface area contributed by atoms with Crippen LogP contribution in [0.5, 0.6) is 0 Å². The van der Waals surface area contributed by atoms with Crippen LogP contribution in [0.15, 0.2) is 18.2 Å². The smallest absolute Gasteiger partial charge is 0.313 e. The number of nitrogens with two attached hydrogens (primary N) is 1. The number of anilines is 1. The normalized spacial score (nSPS) is 17.2. The average molecular weight is 448 g/mol. The number of hydrogen-bond acceptors (Lipinski definition) is 6. The highest BCUT2D eigenvalue weighted by molar-refractivity contribution is 5.94. The number of nitrogens with zero attached hydrogens (tertiary/aromatic N) is 3. The first-order chi connectivity index (χ1) is 15.3. The third-order valence-electron chi connectivity index (χ3n) is 6.00. The molecule has 2 fully saturated rings. The van der Waals surface area contributed by atoms with E-state index in [-0.39, 0.29) is 42.2 Å². The number of esters is 1. The highest BCUT2D eigenvalue weighted by atomic mass is 19.1. The summed E-state index contributed by atoms with van der Waals surface area (Å²) in [5, 5.41) is 7.11. The van der Waals surface area contributed by atoms with Crippen molar-refractivity contribution in [2.45, 2.75) is 32.8 Å². The van der Waals surface area contributed by atoms with E-state index in [2.05, 4.69) is 0 Å². The fourth-order valence-corrected chi connectivity index (χ4v) is 4.15. The van der Waals surface area contributed by atoms with Crippen LogP contribution in [0.25, 0.3) is 0 Å². The van der Waals surface area contributed by atoms with Crippen molar-refractivity contribution < 1.29 is 23.5 Å². The molecule has 2 aliphatic rings. The second kappa shape index (κ2) is 10.4. The summed E-state index contributed by atoms with van der Waals surface area (Å²) in [6.45, 7) is 4.55. The monoisotopic (exact) mass is 447 g/mol. The van der Waals surface area contributed by atoms with Crippen molar-refractivity contribution in [1.29, 1.82) is 5.41 Å². The van der Waals surface area contributed by atoms with Gasteiger partial charge in [0.2, 0.25) is 11.8 Å². The molecule has 1 aromatic carbocycles. The van der Waals surface area contributed by atoms with Crippen molar-refractivity contribution in [2.24, 2.45) is 11.7 Å². The van der Waals surface area contributed by atoms with Crippen LogP contribution in [-0.2, 0) is 25.7 Å². The Morgan fingerprint density at radius 3 is 2.34 bits per heavy atom. The van der Waals surface area contributed by atoms with Gasteiger partial charge in [-0.1, -0.05) is 12.1 Å². The maximum Gasteiger partial charge on any atom is 0.313 e. The number of amides is 2. The van der Waals surface area contributed by atoms with Gasteiger partial charge in [0.1, 0.15) is 18.9 Å². The van der Waals surface area contributed by atoms with Gasteiger partial charge in [-0.05, 0) is 18.9 Å². The molecular weight excluding hydrogens is 417 g/mol. The number of benzene rings is 1. The van der Waals surface area contributed by atoms with E-state index in [4.69, 9.17) is 15.9 Å². The molecule has 2 amide bonds. The van der Waals surface area contributed by atoms with E-state index in [9.17, 15) is 14.4 Å². The summed E-state index contributed by atoms with van der Waals surface area (Å²) >= 11 is 0. The maximum atomic E-state index is 15.0. The van der Waals surface area contributed by atoms with Crippen molar-refractivity contribution in [3.8, 4) is 0 Å². The topological polar surface area (TPSA) is 120 Å². The van der Waals surface area contributed by atoms with Crippen molar-refractivity contribution in [3.05, 3.63) is 29.6 Å². The summed E-state index contributed by atoms with van der Waals surface area (Å²) < 4.78 is 20.0. The van der Waals surface area contributed by atoms with Crippen LogP contribution in [0.2, 0.25) is 0 Å². The quantitative estimate of drug-likeness (QED) is 0.383. The molecule has 9 nitrogen and oxygen atoms in total. The lowest BCUT2D eigenvalue weighted by atomic mass is 9.95. The highest BCUT2D eigenvalue weighted by Gasteiger charge is 2.31. The second-order valence-corrected chi connectivity index (χ2v) is 8.21. The molecule has 3 rings (SSSR count). The molecule has 0 unspecified atom stereocenters. The van der Waals surface area contributed by atoms with Gasteiger partial charge in [0.25, 0.3) is 0 Å². The van der Waals surface area contributed by atoms with Gasteiger partial charge in [0.05, 0.1) is 5.69 Å². The molecule has 10 heteroatoms. The van der Waals surface area contributed by atoms with Crippen molar-refractivity contribution in [1.82, 2.24) is 9.80 Å². The fraction of sp³-hybridized carbons (Fsp3) is 0.545. The molecule has 0 spiro atoms. The predicted octanol–water partition coefficient (Wildman–Crippen LogP) is 1.10. The molecule has 0 aromatic heterocycles. The minimum absolute atomic E-state index is 0.0439. The Morgan fingerprint density at radius 2 is 1.75 bits per heavy atom. The van der Waals surface area contributed by atoms with Gasteiger partial charge in [0, 0.05) is 57.7 Å². The van der Waals surface area contributed by atoms with Crippen LogP contribution in [0.4, 0.5) is 10.1 Å². The Kier molecular flexibility index (Phi) is 7.66. The van der Waals surface area contributed by atoms with Crippen LogP contribution in [0, 0.1) is 17.1 Å². The molecule has 2 saturated heterocycles. The zero-order valence-electron chi connectivity index (χ0n) is 18.3. The summed E-state index contributed by atoms with van der Waals surface area (Å²) in [5.74, 6) is -1.35. The summed E-state index contributed by atoms with van der Waals surface area (Å²) in [4.78, 5) is 41.4. The van der Waals surface area contributed by atoms with E-state index in [0.717, 1.165) is 0 Å². The number of rotatable bonds is 6. The van der Waals surface area contributed by atoms with E-state index in [1.165, 1.54) is 0 Å². The third-order valence-corrected chi connectivity index (χ3v) is 6.00. The number of carbonyl (C=O) groups excluding carboxylic acids is 3. The van der Waals surface area contributed by atoms with Crippen molar-refractivity contribution >= 4 is 29.3 Å². The number of halogens is 1. The molecule has 0 atom stereocenters. The molecule has 0 saturated carbocycles. The first kappa shape index (κ1) is 23.5. The minimum atomic E-state index is -0.677. The van der Waals surface area contributed by atoms with Crippen LogP contribution < -0.4 is 10.6 Å². The lowest BCUT2D eigenvalue weighted by molar-refractivity contribution is -0.143. The van der Waals surface area contributed by atoms with Crippen LogP contribution in [-0.4, -0.2) is 72.7 Å². The molecule has 0 aliphatic carbocycles. The molecule has 174 valence electrons. The van der Waals surface area contributed by atoms with E-state index < -0.39 is 11.8 Å². The van der Waals surface area contributed by atoms with E-state index >= 15 is 4.39 Å². The summed E-state index contributed by atoms with van der Waals surface area (Å²) in [7, 11) is 0. The van der Waals surface area contributed by atoms with Crippen LogP contribution in [0.1, 0.15) is 31.7 Å². The Hall–Kier alpha value is -3.17. The number of nitrogens with one attached hydrogen (secondary N) is 1. The number of piperidine rings is 1. The highest BCUT2D eigenvalue weighted by Crippen LogP contribution is 2.26. The van der Waals surface area contributed by atoms with E-state index in [1.54, 1.807) is 30.0 Å². The Bertz CT molecular complexity index is 877. The summed E-state index contributed by atoms with van der Waals surface area (Å²) in [5.41, 5.74) is 5.82. The lowest BCUT2D eigenvalue weighted by Gasteiger charge is -2.39. The largest absolute Gasteiger partial charge is 0.460 e. The zero-order valence-corrected chi connectivity index (χ0v) is 18.3. The summed E-state index contributed by atoms with van der Waals surface area (Å²) in [6, 6.07) is 4.92. The van der Waals surface area contributed by atoms with Gasteiger partial charge in [-0.25, -0.2) is 4.39 Å². The zero-order chi connectivity index (χ0) is 23.3. The lowest BCUT2D eigenvalue weighted by Crippen LogP contribution is -2.52. The molecule has 0 bridgehead atoms. The number of hydrogen-bond donors (Lipinski definition) is 2. The van der Waals surface area contributed by atoms with Crippen LogP contribution in [0.3, 0.4) is 0 Å². The molecule has 3 N–H and O–H groups in total. The number of amidine groups is 1. The van der Waals surface area contributed by atoms with Crippen molar-refractivity contribution in [3.63, 3.8) is 0 Å². The fourth-order valence-electron chi connectivity index (χ4n) is 4.15. The summed E-state index contributed by atoms with van der Waals surface area (Å²) in [6.07, 6.45) is 1.03. The molecule has 0 radical (unpaired) electrons. The number of likely N-dealkylation sites (tertiary alicyclic amines) is 1. The molecular formula is C22H30FN5O4. The molecule has 2 aliphatic heterocycles. The minimum Gasteiger partial charge on any atom is -0.460 e. The van der Waals surface area contributed by atoms with Gasteiger partial charge < -0.3 is 25.2 Å². The maximum absolute atomic E-state index is 15.0. The Labute approximate surface area is 186 Å². The Balaban J connectivity index is 1.53. The van der Waals surface area contributed by atoms with E-state index in [0.29, 0.717) is 57.8 Å². The SMILES string of the molecule is CC(=O)N1CCC(C(=O)N2CCN(c3cccc(COC(=O)CC(=N)N)c3F)CC2)CC1. The van der Waals surface area contributed by atoms with Crippen molar-refractivity contribution in [2.75, 3.05) is 44.2 Å². The molecule has 2 heterocycles. The Morgan fingerprint density at radius 1 is 1.09 bits per heavy atom. The van der Waals surface area contributed by atoms with Gasteiger partial charge in [-0.15, -0.1) is 0 Å². The molecule has 32 heavy (non-hydrogen) atoms. The number of ether oxygens (including phenoxy) is 1. The van der Waals surface area contributed by atoms with E-state index in [1.807, 2.05) is 9.80 Å². The molecule has 1 aromatic rings. The standard InChI is InChI=1S/C22H30FN5O4/c1-15(29)26-7-5-16(6-8-26)22(31)28-11-9-27(10-12-28)18-4-2-3-17(21(18)23)14-32-20(30)13-19(24)25/h2-4,16H,5-14H2,1H3,(H3,24,25). The van der Waals surface area contributed by atoms with Gasteiger partial charge in [-0.3, -0.25) is 19.8 Å². The predicted molar refractivity (Wildman–Crippen MR) is 116 cm³/mol. The first-order valence-corrected chi connectivity index (χ1v) is 10.8. The van der Waals surface area contributed by atoms with Gasteiger partial charge in [-0.2, -0.15) is 0 Å². The van der Waals surface area contributed by atoms with Gasteiger partial charge in [0.15, 0.2) is 5.82 Å². The second-order valence-electron chi connectivity index (χ2n) is 8.21. The number of piperazine rings is 1. The average Bonchev–Trinajstić information content (AvgIpc) is 2.77. The third kappa shape index (κ3) is 5.74. The van der Waals surface area contributed by atoms with Gasteiger partial charge >= 0.3 is 5.97 Å². The first-order valence-electron chi connectivity index (χ1n) is 10.8.